The SMILES string of the molecule is CC1(C)C(O)CC1Nc1nc(Cl)nc2sccc12. The first-order chi connectivity index (χ1) is 8.48. The number of fused-ring (bicyclic) bond motifs is 1. The van der Waals surface area contributed by atoms with Crippen LogP contribution in [0, 0.1) is 5.41 Å². The number of nitrogens with zero attached hydrogens (tertiary/aromatic N) is 2. The van der Waals surface area contributed by atoms with Crippen molar-refractivity contribution in [3.8, 4) is 0 Å². The van der Waals surface area contributed by atoms with Gasteiger partial charge in [0.2, 0.25) is 5.28 Å². The lowest BCUT2D eigenvalue weighted by atomic mass is 9.64. The Morgan fingerprint density at radius 3 is 2.94 bits per heavy atom. The average molecular weight is 284 g/mol. The quantitative estimate of drug-likeness (QED) is 0.832. The van der Waals surface area contributed by atoms with Crippen LogP contribution in [-0.4, -0.2) is 27.2 Å². The second-order valence-electron chi connectivity index (χ2n) is 5.25. The molecule has 1 saturated carbocycles. The Morgan fingerprint density at radius 2 is 2.28 bits per heavy atom. The predicted octanol–water partition coefficient (Wildman–Crippen LogP) is 2.92. The molecule has 18 heavy (non-hydrogen) atoms. The summed E-state index contributed by atoms with van der Waals surface area (Å²) in [6.07, 6.45) is 0.477. The molecule has 2 heterocycles. The zero-order valence-electron chi connectivity index (χ0n) is 10.1. The first-order valence-corrected chi connectivity index (χ1v) is 7.09. The molecule has 2 aromatic heterocycles. The maximum absolute atomic E-state index is 9.76. The highest BCUT2D eigenvalue weighted by molar-refractivity contribution is 7.16. The molecule has 0 aliphatic heterocycles. The third kappa shape index (κ3) is 1.77. The summed E-state index contributed by atoms with van der Waals surface area (Å²) >= 11 is 7.46. The topological polar surface area (TPSA) is 58.0 Å². The number of nitrogens with one attached hydrogen (secondary N) is 1. The minimum absolute atomic E-state index is 0.139. The zero-order chi connectivity index (χ0) is 12.9. The molecule has 2 N–H and O–H groups in total. The number of thiophene rings is 1. The summed E-state index contributed by atoms with van der Waals surface area (Å²) in [6, 6.07) is 2.20. The highest BCUT2D eigenvalue weighted by Crippen LogP contribution is 2.42. The molecule has 4 nitrogen and oxygen atoms in total. The van der Waals surface area contributed by atoms with Gasteiger partial charge in [0.25, 0.3) is 0 Å². The Labute approximate surface area is 114 Å². The molecular formula is C12H14ClN3OS. The molecule has 2 unspecified atom stereocenters. The minimum atomic E-state index is -0.259. The van der Waals surface area contributed by atoms with E-state index < -0.39 is 0 Å². The van der Waals surface area contributed by atoms with E-state index in [0.717, 1.165) is 22.5 Å². The predicted molar refractivity (Wildman–Crippen MR) is 74.2 cm³/mol. The number of halogens is 1. The van der Waals surface area contributed by atoms with E-state index in [-0.39, 0.29) is 22.8 Å². The van der Waals surface area contributed by atoms with Crippen molar-refractivity contribution in [2.75, 3.05) is 5.32 Å². The highest BCUT2D eigenvalue weighted by Gasteiger charge is 2.47. The molecular weight excluding hydrogens is 270 g/mol. The third-order valence-electron chi connectivity index (χ3n) is 3.82. The van der Waals surface area contributed by atoms with E-state index >= 15 is 0 Å². The molecule has 0 radical (unpaired) electrons. The fourth-order valence-electron chi connectivity index (χ4n) is 2.25. The summed E-state index contributed by atoms with van der Waals surface area (Å²) < 4.78 is 0. The first kappa shape index (κ1) is 12.1. The van der Waals surface area contributed by atoms with Crippen LogP contribution in [0.1, 0.15) is 20.3 Å². The lowest BCUT2D eigenvalue weighted by Crippen LogP contribution is -2.57. The van der Waals surface area contributed by atoms with Crippen molar-refractivity contribution in [1.29, 1.82) is 0 Å². The summed E-state index contributed by atoms with van der Waals surface area (Å²) in [7, 11) is 0. The van der Waals surface area contributed by atoms with Crippen LogP contribution in [0.25, 0.3) is 10.2 Å². The molecule has 0 saturated heterocycles. The monoisotopic (exact) mass is 283 g/mol. The normalized spacial score (nSPS) is 26.0. The Bertz CT molecular complexity index is 598. The van der Waals surface area contributed by atoms with E-state index in [9.17, 15) is 5.11 Å². The van der Waals surface area contributed by atoms with Gasteiger partial charge in [-0.1, -0.05) is 13.8 Å². The van der Waals surface area contributed by atoms with Crippen LogP contribution in [0.4, 0.5) is 5.82 Å². The molecule has 1 aliphatic carbocycles. The fourth-order valence-corrected chi connectivity index (χ4v) is 3.23. The average Bonchev–Trinajstić information content (AvgIpc) is 2.76. The van der Waals surface area contributed by atoms with Gasteiger partial charge in [0.1, 0.15) is 10.6 Å². The fraction of sp³-hybridized carbons (Fsp3) is 0.500. The number of aromatic nitrogens is 2. The van der Waals surface area contributed by atoms with Crippen LogP contribution in [0.2, 0.25) is 5.28 Å². The molecule has 3 rings (SSSR count). The summed E-state index contributed by atoms with van der Waals surface area (Å²) in [5.74, 6) is 0.760. The van der Waals surface area contributed by atoms with Crippen molar-refractivity contribution in [3.05, 3.63) is 16.7 Å². The Morgan fingerprint density at radius 1 is 1.50 bits per heavy atom. The molecule has 2 atom stereocenters. The molecule has 0 amide bonds. The zero-order valence-corrected chi connectivity index (χ0v) is 11.7. The van der Waals surface area contributed by atoms with Crippen molar-refractivity contribution >= 4 is 39.0 Å². The molecule has 1 fully saturated rings. The molecule has 96 valence electrons. The highest BCUT2D eigenvalue weighted by atomic mass is 35.5. The van der Waals surface area contributed by atoms with Gasteiger partial charge in [0.15, 0.2) is 0 Å². The molecule has 0 aromatic carbocycles. The molecule has 1 aliphatic rings. The van der Waals surface area contributed by atoms with Gasteiger partial charge in [-0.3, -0.25) is 0 Å². The second-order valence-corrected chi connectivity index (χ2v) is 6.48. The molecule has 2 aromatic rings. The number of hydrogen-bond acceptors (Lipinski definition) is 5. The summed E-state index contributed by atoms with van der Waals surface area (Å²) in [5.41, 5.74) is -0.139. The van der Waals surface area contributed by atoms with E-state index in [1.54, 1.807) is 11.3 Å². The lowest BCUT2D eigenvalue weighted by molar-refractivity contribution is -0.0511. The van der Waals surface area contributed by atoms with Crippen LogP contribution < -0.4 is 5.32 Å². The van der Waals surface area contributed by atoms with Crippen LogP contribution in [-0.2, 0) is 0 Å². The summed E-state index contributed by atoms with van der Waals surface area (Å²) in [4.78, 5) is 9.32. The smallest absolute Gasteiger partial charge is 0.225 e. The Kier molecular flexibility index (Phi) is 2.73. The van der Waals surface area contributed by atoms with E-state index in [1.807, 2.05) is 25.3 Å². The maximum Gasteiger partial charge on any atom is 0.225 e. The van der Waals surface area contributed by atoms with E-state index in [4.69, 9.17) is 11.6 Å². The maximum atomic E-state index is 9.76. The molecule has 6 heteroatoms. The largest absolute Gasteiger partial charge is 0.392 e. The first-order valence-electron chi connectivity index (χ1n) is 5.84. The Balaban J connectivity index is 1.93. The van der Waals surface area contributed by atoms with Crippen molar-refractivity contribution < 1.29 is 5.11 Å². The minimum Gasteiger partial charge on any atom is -0.392 e. The summed E-state index contributed by atoms with van der Waals surface area (Å²) in [5, 5.41) is 16.4. The van der Waals surface area contributed by atoms with E-state index in [1.165, 1.54) is 0 Å². The van der Waals surface area contributed by atoms with Gasteiger partial charge in [-0.25, -0.2) is 9.97 Å². The van der Waals surface area contributed by atoms with Crippen LogP contribution in [0.5, 0.6) is 0 Å². The summed E-state index contributed by atoms with van der Waals surface area (Å²) in [6.45, 7) is 4.10. The van der Waals surface area contributed by atoms with Crippen LogP contribution in [0.15, 0.2) is 11.4 Å². The van der Waals surface area contributed by atoms with Crippen LogP contribution >= 0.6 is 22.9 Å². The van der Waals surface area contributed by atoms with Crippen molar-refractivity contribution in [3.63, 3.8) is 0 Å². The third-order valence-corrected chi connectivity index (χ3v) is 4.80. The van der Waals surface area contributed by atoms with Gasteiger partial charge in [-0.2, -0.15) is 0 Å². The van der Waals surface area contributed by atoms with Gasteiger partial charge in [-0.05, 0) is 29.5 Å². The lowest BCUT2D eigenvalue weighted by Gasteiger charge is -2.49. The van der Waals surface area contributed by atoms with E-state index in [2.05, 4.69) is 15.3 Å². The number of hydrogen-bond donors (Lipinski definition) is 2. The number of rotatable bonds is 2. The van der Waals surface area contributed by atoms with Crippen molar-refractivity contribution in [2.24, 2.45) is 5.41 Å². The van der Waals surface area contributed by atoms with Crippen molar-refractivity contribution in [2.45, 2.75) is 32.4 Å². The number of anilines is 1. The van der Waals surface area contributed by atoms with Gasteiger partial charge in [-0.15, -0.1) is 11.3 Å². The van der Waals surface area contributed by atoms with Gasteiger partial charge in [0, 0.05) is 11.5 Å². The van der Waals surface area contributed by atoms with Crippen LogP contribution in [0.3, 0.4) is 0 Å². The van der Waals surface area contributed by atoms with Crippen molar-refractivity contribution in [1.82, 2.24) is 9.97 Å². The Hall–Kier alpha value is -0.910. The standard InChI is InChI=1S/C12H14ClN3OS/c1-12(2)7(5-8(12)17)14-9-6-3-4-18-10(6)16-11(13)15-9/h3-4,7-8,17H,5H2,1-2H3,(H,14,15,16). The van der Waals surface area contributed by atoms with E-state index in [0.29, 0.717) is 0 Å². The number of aliphatic hydroxyl groups excluding tert-OH is 1. The molecule has 0 bridgehead atoms. The second kappa shape index (κ2) is 4.05. The molecule has 0 spiro atoms. The van der Waals surface area contributed by atoms with Gasteiger partial charge in [0.05, 0.1) is 11.5 Å². The van der Waals surface area contributed by atoms with Gasteiger partial charge < -0.3 is 10.4 Å². The number of aliphatic hydroxyl groups is 1. The van der Waals surface area contributed by atoms with Gasteiger partial charge >= 0.3 is 0 Å².